The van der Waals surface area contributed by atoms with Crippen molar-refractivity contribution in [1.82, 2.24) is 30.2 Å². The van der Waals surface area contributed by atoms with Gasteiger partial charge in [0, 0.05) is 50.5 Å². The van der Waals surface area contributed by atoms with Crippen molar-refractivity contribution in [1.29, 1.82) is 0 Å². The number of pyridine rings is 1. The molecule has 0 aliphatic carbocycles. The Morgan fingerprint density at radius 3 is 2.68 bits per heavy atom. The van der Waals surface area contributed by atoms with Crippen LogP contribution >= 0.6 is 0 Å². The fraction of sp³-hybridized carbons (Fsp3) is 0.571. The lowest BCUT2D eigenvalue weighted by Crippen LogP contribution is -2.52. The first-order valence-electron chi connectivity index (χ1n) is 10.8. The second-order valence-corrected chi connectivity index (χ2v) is 8.48. The fourth-order valence-electron chi connectivity index (χ4n) is 4.20. The van der Waals surface area contributed by atoms with Gasteiger partial charge < -0.3 is 14.7 Å². The predicted molar refractivity (Wildman–Crippen MR) is 112 cm³/mol. The van der Waals surface area contributed by atoms with E-state index in [1.165, 1.54) is 0 Å². The molecule has 1 amide bonds. The first kappa shape index (κ1) is 25.6. The first-order valence-corrected chi connectivity index (χ1v) is 10.8. The second kappa shape index (κ2) is 11.4. The molecule has 1 atom stereocenters. The van der Waals surface area contributed by atoms with Gasteiger partial charge in [0.2, 0.25) is 5.91 Å². The Morgan fingerprint density at radius 2 is 2.03 bits per heavy atom. The summed E-state index contributed by atoms with van der Waals surface area (Å²) in [5.74, 6) is -2.58. The average Bonchev–Trinajstić information content (AvgIpc) is 3.23. The van der Waals surface area contributed by atoms with Crippen molar-refractivity contribution < 1.29 is 32.6 Å². The lowest BCUT2D eigenvalue weighted by Gasteiger charge is -2.43. The number of rotatable bonds is 4. The van der Waals surface area contributed by atoms with E-state index < -0.39 is 12.1 Å². The maximum absolute atomic E-state index is 12.8. The smallest absolute Gasteiger partial charge is 0.475 e. The number of carbonyl (C=O) groups is 2. The molecule has 0 radical (unpaired) electrons. The molecule has 13 heteroatoms. The van der Waals surface area contributed by atoms with Gasteiger partial charge >= 0.3 is 12.1 Å². The molecule has 1 unspecified atom stereocenters. The molecule has 0 saturated carbocycles. The summed E-state index contributed by atoms with van der Waals surface area (Å²) in [5.41, 5.74) is 1.89. The highest BCUT2D eigenvalue weighted by atomic mass is 19.4. The molecular weight excluding hydrogens is 457 g/mol. The molecule has 2 aromatic rings. The van der Waals surface area contributed by atoms with Crippen molar-refractivity contribution in [3.05, 3.63) is 42.0 Å². The van der Waals surface area contributed by atoms with E-state index >= 15 is 0 Å². The third kappa shape index (κ3) is 7.48. The Morgan fingerprint density at radius 1 is 1.24 bits per heavy atom. The van der Waals surface area contributed by atoms with Crippen molar-refractivity contribution in [3.8, 4) is 0 Å². The molecule has 2 fully saturated rings. The van der Waals surface area contributed by atoms with Gasteiger partial charge in [0.15, 0.2) is 0 Å². The number of carboxylic acids is 1. The second-order valence-electron chi connectivity index (χ2n) is 8.48. The van der Waals surface area contributed by atoms with Crippen LogP contribution < -0.4 is 0 Å². The number of ether oxygens (including phenoxy) is 1. The van der Waals surface area contributed by atoms with Crippen LogP contribution in [0.4, 0.5) is 13.2 Å². The van der Waals surface area contributed by atoms with Crippen LogP contribution in [-0.4, -0.2) is 92.7 Å². The normalized spacial score (nSPS) is 21.4. The van der Waals surface area contributed by atoms with E-state index in [0.717, 1.165) is 56.8 Å². The Balaban J connectivity index is 0.000000406. The van der Waals surface area contributed by atoms with Gasteiger partial charge in [0.25, 0.3) is 0 Å². The molecule has 2 N–H and O–H groups in total. The van der Waals surface area contributed by atoms with Gasteiger partial charge in [0.05, 0.1) is 31.5 Å². The minimum atomic E-state index is -5.08. The van der Waals surface area contributed by atoms with Crippen LogP contribution in [0.5, 0.6) is 0 Å². The standard InChI is InChI=1S/C19H26N6O2.C2HF3O2/c26-18(9-16-3-1-5-20-10-16)25-6-2-4-19(14-25)13-24(7-8-27-15-19)12-17-11-21-23-22-17;3-2(4,5)1(6)7/h1,3,5,10-11H,2,4,6-9,12-15H2,(H,21,22,23);(H,6,7). The van der Waals surface area contributed by atoms with Crippen LogP contribution in [0.15, 0.2) is 30.7 Å². The number of hydrogen-bond acceptors (Lipinski definition) is 7. The monoisotopic (exact) mass is 484 g/mol. The van der Waals surface area contributed by atoms with E-state index in [1.54, 1.807) is 18.6 Å². The van der Waals surface area contributed by atoms with Gasteiger partial charge in [-0.1, -0.05) is 6.07 Å². The number of aromatic nitrogens is 4. The van der Waals surface area contributed by atoms with Gasteiger partial charge in [-0.25, -0.2) is 4.79 Å². The number of H-pyrrole nitrogens is 1. The highest BCUT2D eigenvalue weighted by Crippen LogP contribution is 2.33. The molecule has 10 nitrogen and oxygen atoms in total. The maximum Gasteiger partial charge on any atom is 0.490 e. The summed E-state index contributed by atoms with van der Waals surface area (Å²) in [6, 6.07) is 3.83. The van der Waals surface area contributed by atoms with E-state index in [9.17, 15) is 18.0 Å². The summed E-state index contributed by atoms with van der Waals surface area (Å²) >= 11 is 0. The number of hydrogen-bond donors (Lipinski definition) is 2. The summed E-state index contributed by atoms with van der Waals surface area (Å²) < 4.78 is 37.7. The molecule has 2 aliphatic heterocycles. The molecule has 34 heavy (non-hydrogen) atoms. The van der Waals surface area contributed by atoms with E-state index in [2.05, 4.69) is 25.3 Å². The predicted octanol–water partition coefficient (Wildman–Crippen LogP) is 1.52. The third-order valence-corrected chi connectivity index (χ3v) is 5.70. The summed E-state index contributed by atoms with van der Waals surface area (Å²) in [6.07, 6.45) is 2.69. The van der Waals surface area contributed by atoms with Crippen LogP contribution in [0.1, 0.15) is 24.1 Å². The molecule has 2 aromatic heterocycles. The number of aliphatic carboxylic acids is 1. The van der Waals surface area contributed by atoms with E-state index in [0.29, 0.717) is 19.6 Å². The Hall–Kier alpha value is -3.06. The minimum Gasteiger partial charge on any atom is -0.475 e. The van der Waals surface area contributed by atoms with Crippen molar-refractivity contribution in [2.24, 2.45) is 5.41 Å². The number of nitrogens with one attached hydrogen (secondary N) is 1. The summed E-state index contributed by atoms with van der Waals surface area (Å²) in [4.78, 5) is 30.2. The lowest BCUT2D eigenvalue weighted by molar-refractivity contribution is -0.192. The number of alkyl halides is 3. The van der Waals surface area contributed by atoms with Gasteiger partial charge in [-0.3, -0.25) is 14.7 Å². The van der Waals surface area contributed by atoms with Crippen LogP contribution in [0.2, 0.25) is 0 Å². The SMILES string of the molecule is O=C(Cc1cccnc1)N1CCCC2(COCCN(Cc3cn[nH]n3)C2)C1.O=C(O)C(F)(F)F. The maximum atomic E-state index is 12.8. The fourth-order valence-corrected chi connectivity index (χ4v) is 4.20. The summed E-state index contributed by atoms with van der Waals surface area (Å²) in [7, 11) is 0. The quantitative estimate of drug-likeness (QED) is 0.669. The number of carboxylic acid groups (broad SMARTS) is 1. The van der Waals surface area contributed by atoms with Crippen LogP contribution in [0.3, 0.4) is 0 Å². The zero-order valence-corrected chi connectivity index (χ0v) is 18.5. The first-order chi connectivity index (χ1) is 16.2. The molecule has 4 rings (SSSR count). The molecule has 4 heterocycles. The van der Waals surface area contributed by atoms with Crippen molar-refractivity contribution in [2.45, 2.75) is 32.0 Å². The Labute approximate surface area is 194 Å². The highest BCUT2D eigenvalue weighted by molar-refractivity contribution is 5.78. The van der Waals surface area contributed by atoms with Gasteiger partial charge in [-0.05, 0) is 24.5 Å². The number of halogens is 3. The summed E-state index contributed by atoms with van der Waals surface area (Å²) in [6.45, 7) is 5.54. The topological polar surface area (TPSA) is 125 Å². The Kier molecular flexibility index (Phi) is 8.56. The largest absolute Gasteiger partial charge is 0.490 e. The lowest BCUT2D eigenvalue weighted by atomic mass is 9.80. The number of carbonyl (C=O) groups excluding carboxylic acids is 1. The van der Waals surface area contributed by atoms with Gasteiger partial charge in [-0.15, -0.1) is 0 Å². The van der Waals surface area contributed by atoms with Crippen molar-refractivity contribution in [2.75, 3.05) is 39.4 Å². The molecule has 186 valence electrons. The molecular formula is C21H27F3N6O4. The molecule has 0 aromatic carbocycles. The third-order valence-electron chi connectivity index (χ3n) is 5.70. The van der Waals surface area contributed by atoms with Crippen LogP contribution in [0, 0.1) is 5.41 Å². The van der Waals surface area contributed by atoms with Crippen molar-refractivity contribution in [3.63, 3.8) is 0 Å². The molecule has 1 spiro atoms. The molecule has 2 saturated heterocycles. The summed E-state index contributed by atoms with van der Waals surface area (Å²) in [5, 5.41) is 17.9. The van der Waals surface area contributed by atoms with Gasteiger partial charge in [-0.2, -0.15) is 28.6 Å². The van der Waals surface area contributed by atoms with E-state index in [1.807, 2.05) is 17.0 Å². The molecule has 2 aliphatic rings. The number of aromatic amines is 1. The van der Waals surface area contributed by atoms with Gasteiger partial charge in [0.1, 0.15) is 0 Å². The van der Waals surface area contributed by atoms with Crippen LogP contribution in [-0.2, 0) is 27.3 Å². The van der Waals surface area contributed by atoms with E-state index in [-0.39, 0.29) is 11.3 Å². The minimum absolute atomic E-state index is 0.0108. The van der Waals surface area contributed by atoms with E-state index in [4.69, 9.17) is 14.6 Å². The highest BCUT2D eigenvalue weighted by Gasteiger charge is 2.40. The number of likely N-dealkylation sites (tertiary alicyclic amines) is 1. The zero-order chi connectivity index (χ0) is 24.6. The number of amides is 1. The average molecular weight is 484 g/mol. The number of piperidine rings is 1. The zero-order valence-electron chi connectivity index (χ0n) is 18.5. The molecule has 0 bridgehead atoms. The van der Waals surface area contributed by atoms with Crippen LogP contribution in [0.25, 0.3) is 0 Å². The Bertz CT molecular complexity index is 928. The van der Waals surface area contributed by atoms with Crippen molar-refractivity contribution >= 4 is 11.9 Å². The number of nitrogens with zero attached hydrogens (tertiary/aromatic N) is 5.